The van der Waals surface area contributed by atoms with Gasteiger partial charge in [0.15, 0.2) is 0 Å². The minimum atomic E-state index is -0.690. The van der Waals surface area contributed by atoms with E-state index < -0.39 is 5.60 Å². The lowest BCUT2D eigenvalue weighted by atomic mass is 9.98. The molecule has 25 heavy (non-hydrogen) atoms. The first-order valence-electron chi connectivity index (χ1n) is 9.15. The first-order valence-corrected chi connectivity index (χ1v) is 9.15. The molecule has 0 saturated carbocycles. The summed E-state index contributed by atoms with van der Waals surface area (Å²) in [5.41, 5.74) is 1.11. The van der Waals surface area contributed by atoms with Crippen LogP contribution in [0.15, 0.2) is 24.3 Å². The first kappa shape index (κ1) is 19.9. The molecule has 1 aromatic carbocycles. The molecule has 1 atom stereocenters. The normalized spacial score (nSPS) is 17.3. The monoisotopic (exact) mass is 348 g/mol. The Morgan fingerprint density at radius 3 is 2.68 bits per heavy atom. The van der Waals surface area contributed by atoms with E-state index in [4.69, 9.17) is 4.74 Å². The summed E-state index contributed by atoms with van der Waals surface area (Å²) in [7, 11) is 1.86. The quantitative estimate of drug-likeness (QED) is 0.821. The van der Waals surface area contributed by atoms with Crippen LogP contribution in [0.4, 0.5) is 0 Å². The number of hydrogen-bond donors (Lipinski definition) is 1. The van der Waals surface area contributed by atoms with Gasteiger partial charge in [0.05, 0.1) is 18.8 Å². The van der Waals surface area contributed by atoms with Crippen molar-refractivity contribution in [1.29, 1.82) is 0 Å². The van der Waals surface area contributed by atoms with Gasteiger partial charge in [-0.15, -0.1) is 0 Å². The zero-order chi connectivity index (χ0) is 18.4. The number of hydrogen-bond acceptors (Lipinski definition) is 4. The number of nitrogens with zero attached hydrogens (tertiary/aromatic N) is 2. The number of carbonyl (C=O) groups excluding carboxylic acids is 1. The molecule has 0 aromatic heterocycles. The lowest BCUT2D eigenvalue weighted by Gasteiger charge is -2.34. The molecule has 1 saturated heterocycles. The van der Waals surface area contributed by atoms with Gasteiger partial charge in [0, 0.05) is 38.3 Å². The molecule has 1 fully saturated rings. The number of ether oxygens (including phenoxy) is 1. The molecule has 0 bridgehead atoms. The van der Waals surface area contributed by atoms with Crippen LogP contribution in [0.5, 0.6) is 0 Å². The zero-order valence-electron chi connectivity index (χ0n) is 16.0. The maximum absolute atomic E-state index is 12.7. The summed E-state index contributed by atoms with van der Waals surface area (Å²) in [5.74, 6) is 0.0465. The molecule has 0 radical (unpaired) electrons. The molecule has 5 nitrogen and oxygen atoms in total. The number of carbonyl (C=O) groups is 1. The zero-order valence-corrected chi connectivity index (χ0v) is 16.0. The van der Waals surface area contributed by atoms with Crippen molar-refractivity contribution in [3.8, 4) is 0 Å². The van der Waals surface area contributed by atoms with Crippen molar-refractivity contribution in [2.45, 2.75) is 45.3 Å². The van der Waals surface area contributed by atoms with Crippen LogP contribution in [-0.2, 0) is 11.2 Å². The van der Waals surface area contributed by atoms with E-state index in [1.54, 1.807) is 4.90 Å². The average Bonchev–Trinajstić information content (AvgIpc) is 2.59. The van der Waals surface area contributed by atoms with E-state index in [0.717, 1.165) is 38.3 Å². The summed E-state index contributed by atoms with van der Waals surface area (Å²) in [6.45, 7) is 9.87. The number of aliphatic hydroxyl groups is 1. The summed E-state index contributed by atoms with van der Waals surface area (Å²) in [6, 6.07) is 8.07. The van der Waals surface area contributed by atoms with Crippen molar-refractivity contribution in [2.24, 2.45) is 0 Å². The summed E-state index contributed by atoms with van der Waals surface area (Å²) in [5, 5.41) is 9.88. The third kappa shape index (κ3) is 6.42. The highest BCUT2D eigenvalue weighted by Crippen LogP contribution is 2.15. The molecule has 0 spiro atoms. The number of morpholine rings is 1. The molecular weight excluding hydrogens is 316 g/mol. The molecule has 0 aliphatic carbocycles. The fourth-order valence-electron chi connectivity index (χ4n) is 3.14. The molecule has 140 valence electrons. The van der Waals surface area contributed by atoms with Crippen LogP contribution >= 0.6 is 0 Å². The van der Waals surface area contributed by atoms with Crippen LogP contribution in [0.2, 0.25) is 0 Å². The van der Waals surface area contributed by atoms with Gasteiger partial charge < -0.3 is 14.7 Å². The largest absolute Gasteiger partial charge is 0.390 e. The topological polar surface area (TPSA) is 53.0 Å². The second-order valence-corrected chi connectivity index (χ2v) is 7.70. The van der Waals surface area contributed by atoms with Gasteiger partial charge in [-0.25, -0.2) is 0 Å². The SMILES string of the molecule is C[C@H](CN(C)C(=O)c1cccc(CCC(C)(C)O)c1)N1CCOCC1. The van der Waals surface area contributed by atoms with Crippen molar-refractivity contribution >= 4 is 5.91 Å². The third-order valence-electron chi connectivity index (χ3n) is 4.75. The Kier molecular flexibility index (Phi) is 6.99. The number of amides is 1. The van der Waals surface area contributed by atoms with E-state index >= 15 is 0 Å². The van der Waals surface area contributed by atoms with Crippen molar-refractivity contribution in [3.63, 3.8) is 0 Å². The highest BCUT2D eigenvalue weighted by molar-refractivity contribution is 5.94. The lowest BCUT2D eigenvalue weighted by Crippen LogP contribution is -2.47. The fraction of sp³-hybridized carbons (Fsp3) is 0.650. The van der Waals surface area contributed by atoms with Crippen molar-refractivity contribution in [2.75, 3.05) is 39.9 Å². The Labute approximate surface area is 151 Å². The van der Waals surface area contributed by atoms with Crippen LogP contribution in [0.1, 0.15) is 43.1 Å². The maximum Gasteiger partial charge on any atom is 0.253 e. The average molecular weight is 348 g/mol. The number of likely N-dealkylation sites (N-methyl/N-ethyl adjacent to an activating group) is 1. The highest BCUT2D eigenvalue weighted by Gasteiger charge is 2.21. The molecule has 1 aliphatic rings. The van der Waals surface area contributed by atoms with Gasteiger partial charge in [-0.1, -0.05) is 12.1 Å². The van der Waals surface area contributed by atoms with E-state index in [0.29, 0.717) is 24.6 Å². The Bertz CT molecular complexity index is 562. The molecule has 5 heteroatoms. The van der Waals surface area contributed by atoms with Crippen LogP contribution in [0.3, 0.4) is 0 Å². The van der Waals surface area contributed by atoms with E-state index in [2.05, 4.69) is 11.8 Å². The van der Waals surface area contributed by atoms with Crippen LogP contribution in [-0.4, -0.2) is 72.4 Å². The smallest absolute Gasteiger partial charge is 0.253 e. The predicted molar refractivity (Wildman–Crippen MR) is 99.9 cm³/mol. The van der Waals surface area contributed by atoms with E-state index in [1.165, 1.54) is 0 Å². The van der Waals surface area contributed by atoms with Crippen LogP contribution < -0.4 is 0 Å². The Balaban J connectivity index is 1.94. The molecular formula is C20H32N2O3. The standard InChI is InChI=1S/C20H32N2O3/c1-16(22-10-12-25-13-11-22)15-21(4)19(23)18-7-5-6-17(14-18)8-9-20(2,3)24/h5-7,14,16,24H,8-13,15H2,1-4H3/t16-/m1/s1. The number of benzene rings is 1. The van der Waals surface area contributed by atoms with E-state index in [-0.39, 0.29) is 5.91 Å². The van der Waals surface area contributed by atoms with Crippen molar-refractivity contribution in [1.82, 2.24) is 9.80 Å². The molecule has 1 aromatic rings. The molecule has 1 heterocycles. The molecule has 0 unspecified atom stereocenters. The number of rotatable bonds is 7. The maximum atomic E-state index is 12.7. The molecule has 2 rings (SSSR count). The second-order valence-electron chi connectivity index (χ2n) is 7.70. The summed E-state index contributed by atoms with van der Waals surface area (Å²) < 4.78 is 5.39. The molecule has 1 N–H and O–H groups in total. The van der Waals surface area contributed by atoms with Crippen LogP contribution in [0.25, 0.3) is 0 Å². The highest BCUT2D eigenvalue weighted by atomic mass is 16.5. The van der Waals surface area contributed by atoms with Crippen LogP contribution in [0, 0.1) is 0 Å². The second kappa shape index (κ2) is 8.79. The van der Waals surface area contributed by atoms with E-state index in [1.807, 2.05) is 45.2 Å². The first-order chi connectivity index (χ1) is 11.8. The minimum Gasteiger partial charge on any atom is -0.390 e. The van der Waals surface area contributed by atoms with Gasteiger partial charge in [0.2, 0.25) is 0 Å². The number of aryl methyl sites for hydroxylation is 1. The van der Waals surface area contributed by atoms with Crippen molar-refractivity contribution in [3.05, 3.63) is 35.4 Å². The van der Waals surface area contributed by atoms with Gasteiger partial charge in [0.25, 0.3) is 5.91 Å². The Morgan fingerprint density at radius 1 is 1.36 bits per heavy atom. The van der Waals surface area contributed by atoms with Gasteiger partial charge >= 0.3 is 0 Å². The summed E-state index contributed by atoms with van der Waals surface area (Å²) >= 11 is 0. The van der Waals surface area contributed by atoms with Gasteiger partial charge in [-0.05, 0) is 51.3 Å². The van der Waals surface area contributed by atoms with Crippen molar-refractivity contribution < 1.29 is 14.6 Å². The fourth-order valence-corrected chi connectivity index (χ4v) is 3.14. The van der Waals surface area contributed by atoms with Gasteiger partial charge in [0.1, 0.15) is 0 Å². The summed E-state index contributed by atoms with van der Waals surface area (Å²) in [4.78, 5) is 16.9. The molecule has 1 aliphatic heterocycles. The Morgan fingerprint density at radius 2 is 2.04 bits per heavy atom. The Hall–Kier alpha value is -1.43. The lowest BCUT2D eigenvalue weighted by molar-refractivity contribution is 0.0142. The van der Waals surface area contributed by atoms with Gasteiger partial charge in [-0.2, -0.15) is 0 Å². The summed E-state index contributed by atoms with van der Waals surface area (Å²) in [6.07, 6.45) is 1.44. The molecule has 1 amide bonds. The minimum absolute atomic E-state index is 0.0465. The van der Waals surface area contributed by atoms with E-state index in [9.17, 15) is 9.90 Å². The third-order valence-corrected chi connectivity index (χ3v) is 4.75. The predicted octanol–water partition coefficient (Wildman–Crippen LogP) is 2.18. The van der Waals surface area contributed by atoms with Gasteiger partial charge in [-0.3, -0.25) is 9.69 Å².